The van der Waals surface area contributed by atoms with E-state index in [0.29, 0.717) is 26.3 Å². The van der Waals surface area contributed by atoms with E-state index in [4.69, 9.17) is 4.74 Å². The second kappa shape index (κ2) is 8.07. The summed E-state index contributed by atoms with van der Waals surface area (Å²) in [6.07, 6.45) is 5.91. The molecule has 3 aliphatic rings. The summed E-state index contributed by atoms with van der Waals surface area (Å²) in [5.74, 6) is -0.662. The fraction of sp³-hybridized carbons (Fsp3) is 0.619. The van der Waals surface area contributed by atoms with Crippen LogP contribution in [0.3, 0.4) is 0 Å². The Morgan fingerprint density at radius 2 is 1.86 bits per heavy atom. The summed E-state index contributed by atoms with van der Waals surface area (Å²) in [7, 11) is 0. The third-order valence-corrected chi connectivity index (χ3v) is 6.56. The summed E-state index contributed by atoms with van der Waals surface area (Å²) in [6, 6.07) is 6.02. The van der Waals surface area contributed by atoms with Gasteiger partial charge in [-0.15, -0.1) is 0 Å². The molecule has 6 nitrogen and oxygen atoms in total. The molecule has 1 aromatic carbocycles. The van der Waals surface area contributed by atoms with E-state index < -0.39 is 5.82 Å². The second-order valence-corrected chi connectivity index (χ2v) is 8.31. The van der Waals surface area contributed by atoms with Crippen LogP contribution >= 0.6 is 0 Å². The number of anilines is 1. The molecule has 3 fully saturated rings. The van der Waals surface area contributed by atoms with Crippen molar-refractivity contribution in [3.05, 3.63) is 30.1 Å². The molecule has 2 saturated heterocycles. The minimum atomic E-state index is -0.466. The van der Waals surface area contributed by atoms with Crippen molar-refractivity contribution in [2.75, 3.05) is 31.6 Å². The highest BCUT2D eigenvalue weighted by atomic mass is 19.1. The maximum Gasteiger partial charge on any atom is 0.321 e. The topological polar surface area (TPSA) is 70.7 Å². The van der Waals surface area contributed by atoms with Crippen LogP contribution in [0.5, 0.6) is 0 Å². The lowest BCUT2D eigenvalue weighted by atomic mass is 9.71. The molecule has 1 saturated carbocycles. The molecule has 1 atom stereocenters. The van der Waals surface area contributed by atoms with E-state index in [1.54, 1.807) is 17.0 Å². The van der Waals surface area contributed by atoms with Crippen LogP contribution in [0.15, 0.2) is 24.3 Å². The number of rotatable bonds is 3. The molecule has 1 unspecified atom stereocenters. The molecule has 4 rings (SSSR count). The fourth-order valence-corrected chi connectivity index (χ4v) is 4.90. The number of para-hydroxylation sites is 1. The summed E-state index contributed by atoms with van der Waals surface area (Å²) < 4.78 is 19.4. The van der Waals surface area contributed by atoms with Gasteiger partial charge in [-0.2, -0.15) is 0 Å². The number of benzene rings is 1. The van der Waals surface area contributed by atoms with Gasteiger partial charge in [-0.25, -0.2) is 9.18 Å². The van der Waals surface area contributed by atoms with Gasteiger partial charge in [0.25, 0.3) is 0 Å². The summed E-state index contributed by atoms with van der Waals surface area (Å²) in [5.41, 5.74) is -0.0968. The van der Waals surface area contributed by atoms with Crippen molar-refractivity contribution < 1.29 is 18.7 Å². The van der Waals surface area contributed by atoms with Crippen LogP contribution in [0.4, 0.5) is 14.9 Å². The van der Waals surface area contributed by atoms with Crippen molar-refractivity contribution in [1.82, 2.24) is 10.2 Å². The molecule has 1 aromatic rings. The van der Waals surface area contributed by atoms with Crippen LogP contribution in [0.25, 0.3) is 0 Å². The summed E-state index contributed by atoms with van der Waals surface area (Å²) in [6.45, 7) is 2.07. The van der Waals surface area contributed by atoms with E-state index >= 15 is 0 Å². The van der Waals surface area contributed by atoms with E-state index in [9.17, 15) is 14.0 Å². The van der Waals surface area contributed by atoms with E-state index in [-0.39, 0.29) is 35.0 Å². The molecular weight excluding hydrogens is 361 g/mol. The van der Waals surface area contributed by atoms with Crippen LogP contribution in [-0.4, -0.2) is 49.2 Å². The Morgan fingerprint density at radius 1 is 1.14 bits per heavy atom. The highest BCUT2D eigenvalue weighted by Crippen LogP contribution is 2.44. The number of ether oxygens (including phenoxy) is 1. The number of halogens is 1. The molecule has 2 aliphatic heterocycles. The Bertz CT molecular complexity index is 729. The number of carbonyl (C=O) groups excluding carboxylic acids is 2. The Hall–Kier alpha value is -2.15. The molecule has 3 amide bonds. The fourth-order valence-electron chi connectivity index (χ4n) is 4.90. The molecular formula is C21H28FN3O3. The lowest BCUT2D eigenvalue weighted by Crippen LogP contribution is -2.46. The zero-order chi connectivity index (χ0) is 19.6. The van der Waals surface area contributed by atoms with Gasteiger partial charge in [-0.3, -0.25) is 4.79 Å². The largest absolute Gasteiger partial charge is 0.381 e. The molecule has 0 aromatic heterocycles. The average molecular weight is 389 g/mol. The molecule has 7 heteroatoms. The van der Waals surface area contributed by atoms with Gasteiger partial charge < -0.3 is 20.3 Å². The number of amides is 3. The van der Waals surface area contributed by atoms with Gasteiger partial charge in [0.1, 0.15) is 5.82 Å². The maximum atomic E-state index is 13.9. The predicted molar refractivity (Wildman–Crippen MR) is 103 cm³/mol. The van der Waals surface area contributed by atoms with Crippen molar-refractivity contribution in [1.29, 1.82) is 0 Å². The summed E-state index contributed by atoms with van der Waals surface area (Å²) in [4.78, 5) is 27.5. The van der Waals surface area contributed by atoms with Gasteiger partial charge in [-0.1, -0.05) is 25.0 Å². The lowest BCUT2D eigenvalue weighted by molar-refractivity contribution is -0.130. The third kappa shape index (κ3) is 3.85. The van der Waals surface area contributed by atoms with Gasteiger partial charge in [-0.05, 0) is 37.8 Å². The molecule has 28 heavy (non-hydrogen) atoms. The third-order valence-electron chi connectivity index (χ3n) is 6.56. The highest BCUT2D eigenvalue weighted by Gasteiger charge is 2.52. The Morgan fingerprint density at radius 3 is 2.57 bits per heavy atom. The predicted octanol–water partition coefficient (Wildman–Crippen LogP) is 3.15. The van der Waals surface area contributed by atoms with Crippen LogP contribution in [-0.2, 0) is 9.53 Å². The molecule has 1 spiro atoms. The Labute approximate surface area is 164 Å². The normalized spacial score (nSPS) is 24.5. The number of hydrogen-bond donors (Lipinski definition) is 2. The number of hydrogen-bond acceptors (Lipinski definition) is 3. The quantitative estimate of drug-likeness (QED) is 0.834. The van der Waals surface area contributed by atoms with Crippen molar-refractivity contribution in [2.24, 2.45) is 11.3 Å². The van der Waals surface area contributed by atoms with Crippen molar-refractivity contribution in [2.45, 2.75) is 44.6 Å². The Kier molecular flexibility index (Phi) is 5.53. The minimum absolute atomic E-state index is 0.0509. The minimum Gasteiger partial charge on any atom is -0.381 e. The maximum absolute atomic E-state index is 13.9. The first-order valence-electron chi connectivity index (χ1n) is 10.3. The summed E-state index contributed by atoms with van der Waals surface area (Å²) >= 11 is 0. The van der Waals surface area contributed by atoms with Gasteiger partial charge >= 0.3 is 6.03 Å². The first-order valence-corrected chi connectivity index (χ1v) is 10.3. The zero-order valence-electron chi connectivity index (χ0n) is 16.1. The standard InChI is InChI=1S/C21H28FN3O3/c22-17-7-3-4-8-18(17)24-20(27)25-13-16(19(26)23-15-5-1-2-6-15)21(14-25)9-11-28-12-10-21/h3-4,7-8,15-16H,1-2,5-6,9-14H2,(H,23,26)(H,24,27). The molecule has 0 radical (unpaired) electrons. The van der Waals surface area contributed by atoms with Crippen molar-refractivity contribution in [3.8, 4) is 0 Å². The number of nitrogens with zero attached hydrogens (tertiary/aromatic N) is 1. The van der Waals surface area contributed by atoms with Crippen LogP contribution in [0, 0.1) is 17.2 Å². The molecule has 2 heterocycles. The van der Waals surface area contributed by atoms with Gasteiger partial charge in [0.15, 0.2) is 0 Å². The van der Waals surface area contributed by atoms with E-state index in [1.807, 2.05) is 0 Å². The van der Waals surface area contributed by atoms with Crippen LogP contribution in [0.2, 0.25) is 0 Å². The van der Waals surface area contributed by atoms with Gasteiger partial charge in [0.05, 0.1) is 11.6 Å². The molecule has 1 aliphatic carbocycles. The number of likely N-dealkylation sites (tertiary alicyclic amines) is 1. The number of nitrogens with one attached hydrogen (secondary N) is 2. The lowest BCUT2D eigenvalue weighted by Gasteiger charge is -2.37. The van der Waals surface area contributed by atoms with E-state index in [1.165, 1.54) is 12.1 Å². The first kappa shape index (κ1) is 19.2. The Balaban J connectivity index is 1.48. The van der Waals surface area contributed by atoms with Crippen LogP contribution in [0.1, 0.15) is 38.5 Å². The van der Waals surface area contributed by atoms with Crippen LogP contribution < -0.4 is 10.6 Å². The van der Waals surface area contributed by atoms with E-state index in [2.05, 4.69) is 10.6 Å². The smallest absolute Gasteiger partial charge is 0.321 e. The zero-order valence-corrected chi connectivity index (χ0v) is 16.1. The van der Waals surface area contributed by atoms with Crippen molar-refractivity contribution >= 4 is 17.6 Å². The summed E-state index contributed by atoms with van der Waals surface area (Å²) in [5, 5.41) is 5.87. The monoisotopic (exact) mass is 389 g/mol. The molecule has 2 N–H and O–H groups in total. The second-order valence-electron chi connectivity index (χ2n) is 8.31. The first-order chi connectivity index (χ1) is 13.6. The molecule has 152 valence electrons. The number of carbonyl (C=O) groups is 2. The number of urea groups is 1. The highest BCUT2D eigenvalue weighted by molar-refractivity contribution is 5.91. The van der Waals surface area contributed by atoms with Gasteiger partial charge in [0.2, 0.25) is 5.91 Å². The van der Waals surface area contributed by atoms with Gasteiger partial charge in [0, 0.05) is 37.8 Å². The van der Waals surface area contributed by atoms with Crippen molar-refractivity contribution in [3.63, 3.8) is 0 Å². The average Bonchev–Trinajstić information content (AvgIpc) is 3.32. The molecule has 0 bridgehead atoms. The SMILES string of the molecule is O=C(NC1CCCC1)C1CN(C(=O)Nc2ccccc2F)CC12CCOCC2. The van der Waals surface area contributed by atoms with E-state index in [0.717, 1.165) is 38.5 Å².